The summed E-state index contributed by atoms with van der Waals surface area (Å²) in [5.41, 5.74) is 3.22. The number of rotatable bonds is 3. The molecule has 1 amide bonds. The fraction of sp³-hybridized carbons (Fsp3) is 0.368. The number of hydroxylamine groups is 1. The number of carbonyl (C=O) groups is 1. The second-order valence-electron chi connectivity index (χ2n) is 7.32. The van der Waals surface area contributed by atoms with Crippen molar-refractivity contribution >= 4 is 17.1 Å². The highest BCUT2D eigenvalue weighted by Crippen LogP contribution is 2.31. The number of hydrogen-bond acceptors (Lipinski definition) is 5. The Morgan fingerprint density at radius 1 is 1.39 bits per heavy atom. The van der Waals surface area contributed by atoms with Crippen molar-refractivity contribution in [2.75, 3.05) is 0 Å². The summed E-state index contributed by atoms with van der Waals surface area (Å²) in [5, 5.41) is 9.74. The van der Waals surface area contributed by atoms with E-state index in [2.05, 4.69) is 16.5 Å². The van der Waals surface area contributed by atoms with Gasteiger partial charge in [-0.05, 0) is 39.8 Å². The van der Waals surface area contributed by atoms with Gasteiger partial charge in [-0.3, -0.25) is 9.63 Å². The van der Waals surface area contributed by atoms with E-state index in [4.69, 9.17) is 4.84 Å². The van der Waals surface area contributed by atoms with Gasteiger partial charge in [-0.2, -0.15) is 5.26 Å². The maximum Gasteiger partial charge on any atom is 0.353 e. The molecule has 146 valence electrons. The number of nitrogens with zero attached hydrogens (tertiary/aromatic N) is 5. The largest absolute Gasteiger partial charge is 0.353 e. The van der Waals surface area contributed by atoms with Crippen molar-refractivity contribution in [2.24, 2.45) is 7.05 Å². The molecule has 3 rings (SSSR count). The fourth-order valence-corrected chi connectivity index (χ4v) is 3.02. The van der Waals surface area contributed by atoms with Gasteiger partial charge in [0.15, 0.2) is 0 Å². The Kier molecular flexibility index (Phi) is 4.83. The van der Waals surface area contributed by atoms with Crippen LogP contribution in [0.15, 0.2) is 29.5 Å². The summed E-state index contributed by atoms with van der Waals surface area (Å²) in [6.45, 7) is 7.60. The monoisotopic (exact) mass is 382 g/mol. The highest BCUT2D eigenvalue weighted by Gasteiger charge is 2.25. The molecular weight excluding hydrogens is 360 g/mol. The molecule has 0 spiro atoms. The molecule has 0 atom stereocenters. The molecule has 28 heavy (non-hydrogen) atoms. The van der Waals surface area contributed by atoms with Crippen molar-refractivity contribution in [1.29, 1.82) is 5.26 Å². The van der Waals surface area contributed by atoms with E-state index in [9.17, 15) is 14.9 Å². The molecule has 3 heterocycles. The van der Waals surface area contributed by atoms with Crippen molar-refractivity contribution < 1.29 is 9.63 Å². The number of aryl methyl sites for hydroxylation is 2. The van der Waals surface area contributed by atoms with Crippen LogP contribution in [0.3, 0.4) is 0 Å². The van der Waals surface area contributed by atoms with Crippen LogP contribution in [0.1, 0.15) is 33.3 Å². The third kappa shape index (κ3) is 3.18. The molecule has 3 aromatic heterocycles. The Morgan fingerprint density at radius 3 is 2.64 bits per heavy atom. The van der Waals surface area contributed by atoms with E-state index in [1.165, 1.54) is 0 Å². The Labute approximate surface area is 161 Å². The summed E-state index contributed by atoms with van der Waals surface area (Å²) in [5.74, 6) is 0. The number of nitriles is 1. The summed E-state index contributed by atoms with van der Waals surface area (Å²) in [7, 11) is 1.86. The third-order valence-electron chi connectivity index (χ3n) is 4.24. The second-order valence-corrected chi connectivity index (χ2v) is 7.32. The lowest BCUT2D eigenvalue weighted by molar-refractivity contribution is -0.0527. The predicted molar refractivity (Wildman–Crippen MR) is 104 cm³/mol. The number of fused-ring (bicyclic) bond motifs is 1. The van der Waals surface area contributed by atoms with E-state index in [1.807, 2.05) is 36.9 Å². The highest BCUT2D eigenvalue weighted by atomic mass is 16.7. The number of carbonyl (C=O) groups excluding carboxylic acids is 1. The van der Waals surface area contributed by atoms with Crippen molar-refractivity contribution in [1.82, 2.24) is 24.2 Å². The standard InChI is InChI=1S/C19H22N6O3/c1-6-24-15(13-8-7-9-23(13)5)12(10-20)14-16(24)17(26)25(11-21-14)18(27)22-28-19(2,3)4/h7-9,11H,6H2,1-5H3,(H,22,27). The topological polar surface area (TPSA) is 107 Å². The summed E-state index contributed by atoms with van der Waals surface area (Å²) in [6.07, 6.45) is 2.97. The summed E-state index contributed by atoms with van der Waals surface area (Å²) in [4.78, 5) is 35.0. The van der Waals surface area contributed by atoms with Gasteiger partial charge in [0, 0.05) is 19.8 Å². The lowest BCUT2D eigenvalue weighted by Gasteiger charge is -2.19. The van der Waals surface area contributed by atoms with Gasteiger partial charge in [0.05, 0.1) is 17.0 Å². The molecular formula is C19H22N6O3. The Balaban J connectivity index is 2.24. The quantitative estimate of drug-likeness (QED) is 0.700. The minimum absolute atomic E-state index is 0.198. The van der Waals surface area contributed by atoms with Gasteiger partial charge in [0.2, 0.25) is 0 Å². The van der Waals surface area contributed by atoms with Gasteiger partial charge >= 0.3 is 6.03 Å². The van der Waals surface area contributed by atoms with E-state index in [0.29, 0.717) is 17.8 Å². The van der Waals surface area contributed by atoms with Crippen LogP contribution in [-0.4, -0.2) is 30.3 Å². The Morgan fingerprint density at radius 2 is 2.11 bits per heavy atom. The first kappa shape index (κ1) is 19.4. The van der Waals surface area contributed by atoms with Crippen LogP contribution in [0.25, 0.3) is 22.4 Å². The van der Waals surface area contributed by atoms with Crippen LogP contribution in [0.2, 0.25) is 0 Å². The van der Waals surface area contributed by atoms with Gasteiger partial charge in [-0.15, -0.1) is 0 Å². The van der Waals surface area contributed by atoms with Gasteiger partial charge in [-0.25, -0.2) is 19.8 Å². The normalized spacial score (nSPS) is 11.6. The number of amides is 1. The van der Waals surface area contributed by atoms with Gasteiger partial charge in [0.1, 0.15) is 29.0 Å². The molecule has 0 aliphatic heterocycles. The highest BCUT2D eigenvalue weighted by molar-refractivity contribution is 5.91. The van der Waals surface area contributed by atoms with Crippen molar-refractivity contribution in [3.63, 3.8) is 0 Å². The van der Waals surface area contributed by atoms with Crippen LogP contribution in [0.4, 0.5) is 4.79 Å². The van der Waals surface area contributed by atoms with Gasteiger partial charge in [-0.1, -0.05) is 0 Å². The van der Waals surface area contributed by atoms with Crippen LogP contribution in [-0.2, 0) is 18.4 Å². The molecule has 0 saturated heterocycles. The number of hydrogen-bond donors (Lipinski definition) is 1. The summed E-state index contributed by atoms with van der Waals surface area (Å²) in [6, 6.07) is 5.13. The third-order valence-corrected chi connectivity index (χ3v) is 4.24. The molecule has 9 nitrogen and oxygen atoms in total. The van der Waals surface area contributed by atoms with Crippen molar-refractivity contribution in [3.8, 4) is 17.5 Å². The first-order chi connectivity index (χ1) is 13.2. The molecule has 0 radical (unpaired) electrons. The lowest BCUT2D eigenvalue weighted by atomic mass is 10.2. The van der Waals surface area contributed by atoms with Crippen molar-refractivity contribution in [2.45, 2.75) is 39.8 Å². The van der Waals surface area contributed by atoms with Crippen molar-refractivity contribution in [3.05, 3.63) is 40.6 Å². The zero-order chi connectivity index (χ0) is 20.6. The predicted octanol–water partition coefficient (Wildman–Crippen LogP) is 2.38. The molecule has 0 unspecified atom stereocenters. The lowest BCUT2D eigenvalue weighted by Crippen LogP contribution is -2.40. The molecule has 0 saturated carbocycles. The fourth-order valence-electron chi connectivity index (χ4n) is 3.02. The first-order valence-corrected chi connectivity index (χ1v) is 8.83. The van der Waals surface area contributed by atoms with Gasteiger partial charge in [0.25, 0.3) is 5.56 Å². The van der Waals surface area contributed by atoms with Gasteiger partial charge < -0.3 is 9.13 Å². The van der Waals surface area contributed by atoms with Crippen LogP contribution < -0.4 is 11.0 Å². The molecule has 3 aromatic rings. The number of aromatic nitrogens is 4. The zero-order valence-corrected chi connectivity index (χ0v) is 16.5. The SMILES string of the molecule is CCn1c(-c2cccn2C)c(C#N)c2ncn(C(=O)NOC(C)(C)C)c(=O)c21. The van der Waals surface area contributed by atoms with E-state index < -0.39 is 17.2 Å². The minimum Gasteiger partial charge on any atom is -0.349 e. The maximum absolute atomic E-state index is 13.1. The van der Waals surface area contributed by atoms with Crippen LogP contribution >= 0.6 is 0 Å². The smallest absolute Gasteiger partial charge is 0.349 e. The van der Waals surface area contributed by atoms with Crippen LogP contribution in [0.5, 0.6) is 0 Å². The zero-order valence-electron chi connectivity index (χ0n) is 16.5. The molecule has 0 aromatic carbocycles. The van der Waals surface area contributed by atoms with Crippen LogP contribution in [0, 0.1) is 11.3 Å². The van der Waals surface area contributed by atoms with E-state index >= 15 is 0 Å². The van der Waals surface area contributed by atoms with E-state index in [0.717, 1.165) is 16.6 Å². The first-order valence-electron chi connectivity index (χ1n) is 8.83. The molecule has 0 fully saturated rings. The van der Waals surface area contributed by atoms with E-state index in [-0.39, 0.29) is 11.0 Å². The number of nitrogens with one attached hydrogen (secondary N) is 1. The average molecular weight is 382 g/mol. The Hall–Kier alpha value is -3.38. The minimum atomic E-state index is -0.753. The molecule has 0 bridgehead atoms. The average Bonchev–Trinajstić information content (AvgIpc) is 3.19. The molecule has 0 aliphatic rings. The summed E-state index contributed by atoms with van der Waals surface area (Å²) >= 11 is 0. The molecule has 1 N–H and O–H groups in total. The summed E-state index contributed by atoms with van der Waals surface area (Å²) < 4.78 is 4.42. The van der Waals surface area contributed by atoms with E-state index in [1.54, 1.807) is 25.3 Å². The Bertz CT molecular complexity index is 1150. The maximum atomic E-state index is 13.1. The molecule has 9 heteroatoms. The second kappa shape index (κ2) is 6.98. The molecule has 0 aliphatic carbocycles.